The third-order valence-corrected chi connectivity index (χ3v) is 6.27. The zero-order valence-electron chi connectivity index (χ0n) is 21.8. The molecule has 0 unspecified atom stereocenters. The van der Waals surface area contributed by atoms with Crippen molar-refractivity contribution in [2.45, 2.75) is 43.9 Å². The van der Waals surface area contributed by atoms with Crippen LogP contribution in [0.5, 0.6) is 17.2 Å². The highest BCUT2D eigenvalue weighted by molar-refractivity contribution is 5.91. The Balaban J connectivity index is 1.62. The SMILES string of the molecule is COc1ccc(Oc2ccc(CNC(=O)C3(NC(=O)CCCN(C)C)CCOCC3)cc2)c(C(F)(F)F)c1. The Hall–Kier alpha value is -3.31. The lowest BCUT2D eigenvalue weighted by Gasteiger charge is -2.36. The molecule has 0 bridgehead atoms. The summed E-state index contributed by atoms with van der Waals surface area (Å²) in [5.41, 5.74) is -1.27. The first-order chi connectivity index (χ1) is 18.0. The number of ether oxygens (including phenoxy) is 3. The summed E-state index contributed by atoms with van der Waals surface area (Å²) in [6, 6.07) is 9.85. The Morgan fingerprint density at radius 1 is 1.05 bits per heavy atom. The summed E-state index contributed by atoms with van der Waals surface area (Å²) in [5.74, 6) is -0.538. The van der Waals surface area contributed by atoms with Gasteiger partial charge in [0.2, 0.25) is 11.8 Å². The van der Waals surface area contributed by atoms with Crippen molar-refractivity contribution in [3.8, 4) is 17.2 Å². The molecule has 2 aromatic rings. The molecular formula is C27H34F3N3O5. The van der Waals surface area contributed by atoms with Gasteiger partial charge < -0.3 is 29.7 Å². The number of halogens is 3. The van der Waals surface area contributed by atoms with Crippen LogP contribution < -0.4 is 20.1 Å². The van der Waals surface area contributed by atoms with E-state index in [2.05, 4.69) is 10.6 Å². The summed E-state index contributed by atoms with van der Waals surface area (Å²) in [7, 11) is 5.16. The fourth-order valence-corrected chi connectivity index (χ4v) is 4.11. The van der Waals surface area contributed by atoms with Crippen LogP contribution in [0.25, 0.3) is 0 Å². The number of hydrogen-bond donors (Lipinski definition) is 2. The van der Waals surface area contributed by atoms with Gasteiger partial charge in [-0.3, -0.25) is 9.59 Å². The second kappa shape index (κ2) is 13.0. The van der Waals surface area contributed by atoms with E-state index < -0.39 is 17.3 Å². The van der Waals surface area contributed by atoms with Crippen molar-refractivity contribution in [1.29, 1.82) is 0 Å². The number of rotatable bonds is 11. The number of nitrogens with zero attached hydrogens (tertiary/aromatic N) is 1. The summed E-state index contributed by atoms with van der Waals surface area (Å²) in [4.78, 5) is 27.7. The number of hydrogen-bond acceptors (Lipinski definition) is 6. The zero-order chi connectivity index (χ0) is 27.8. The first kappa shape index (κ1) is 29.2. The summed E-state index contributed by atoms with van der Waals surface area (Å²) >= 11 is 0. The van der Waals surface area contributed by atoms with Crippen molar-refractivity contribution >= 4 is 11.8 Å². The van der Waals surface area contributed by atoms with Crippen molar-refractivity contribution in [3.63, 3.8) is 0 Å². The van der Waals surface area contributed by atoms with Gasteiger partial charge in [0, 0.05) is 39.0 Å². The van der Waals surface area contributed by atoms with Crippen LogP contribution in [0.15, 0.2) is 42.5 Å². The Bertz CT molecular complexity index is 1080. The number of alkyl halides is 3. The van der Waals surface area contributed by atoms with Crippen molar-refractivity contribution in [2.75, 3.05) is 41.0 Å². The van der Waals surface area contributed by atoms with Gasteiger partial charge in [0.05, 0.1) is 7.11 Å². The smallest absolute Gasteiger partial charge is 0.420 e. The van der Waals surface area contributed by atoms with Crippen molar-refractivity contribution in [1.82, 2.24) is 15.5 Å². The van der Waals surface area contributed by atoms with E-state index in [1.54, 1.807) is 12.1 Å². The third-order valence-electron chi connectivity index (χ3n) is 6.27. The van der Waals surface area contributed by atoms with Crippen LogP contribution in [0.4, 0.5) is 13.2 Å². The minimum absolute atomic E-state index is 0.0721. The molecule has 2 aromatic carbocycles. The maximum atomic E-state index is 13.5. The molecule has 1 saturated heterocycles. The fourth-order valence-electron chi connectivity index (χ4n) is 4.11. The molecule has 2 N–H and O–H groups in total. The molecule has 0 spiro atoms. The van der Waals surface area contributed by atoms with E-state index in [0.29, 0.717) is 38.9 Å². The van der Waals surface area contributed by atoms with Crippen molar-refractivity contribution in [3.05, 3.63) is 53.6 Å². The summed E-state index contributed by atoms with van der Waals surface area (Å²) in [5, 5.41) is 5.81. The topological polar surface area (TPSA) is 89.1 Å². The molecule has 0 aromatic heterocycles. The molecule has 0 saturated carbocycles. The second-order valence-corrected chi connectivity index (χ2v) is 9.44. The van der Waals surface area contributed by atoms with Gasteiger partial charge in [-0.15, -0.1) is 0 Å². The van der Waals surface area contributed by atoms with Crippen LogP contribution in [0, 0.1) is 0 Å². The lowest BCUT2D eigenvalue weighted by atomic mass is 9.88. The standard InChI is InChI=1S/C27H34F3N3O5/c1-33(2)14-4-5-24(34)32-26(12-15-37-16-13-26)25(35)31-18-19-6-8-20(9-7-19)38-23-11-10-21(36-3)17-22(23)27(28,29)30/h6-11,17H,4-5,12-16,18H2,1-3H3,(H,31,35)(H,32,34). The van der Waals surface area contributed by atoms with Crippen LogP contribution in [0.1, 0.15) is 36.8 Å². The highest BCUT2D eigenvalue weighted by Crippen LogP contribution is 2.40. The number of benzene rings is 2. The average molecular weight is 538 g/mol. The molecule has 1 fully saturated rings. The number of methoxy groups -OCH3 is 1. The van der Waals surface area contributed by atoms with Gasteiger partial charge in [-0.25, -0.2) is 0 Å². The molecule has 208 valence electrons. The monoisotopic (exact) mass is 537 g/mol. The largest absolute Gasteiger partial charge is 0.497 e. The average Bonchev–Trinajstić information content (AvgIpc) is 2.88. The normalized spacial score (nSPS) is 15.1. The van der Waals surface area contributed by atoms with E-state index in [9.17, 15) is 22.8 Å². The highest BCUT2D eigenvalue weighted by Gasteiger charge is 2.41. The van der Waals surface area contributed by atoms with E-state index in [1.807, 2.05) is 19.0 Å². The van der Waals surface area contributed by atoms with Crippen molar-refractivity contribution < 1.29 is 37.0 Å². The van der Waals surface area contributed by atoms with Crippen LogP contribution in [0.3, 0.4) is 0 Å². The molecule has 0 radical (unpaired) electrons. The van der Waals surface area contributed by atoms with E-state index in [1.165, 1.54) is 31.4 Å². The van der Waals surface area contributed by atoms with Crippen LogP contribution in [-0.2, 0) is 27.0 Å². The fraction of sp³-hybridized carbons (Fsp3) is 0.481. The lowest BCUT2D eigenvalue weighted by Crippen LogP contribution is -2.61. The Morgan fingerprint density at radius 2 is 1.71 bits per heavy atom. The Labute approximate surface area is 220 Å². The first-order valence-electron chi connectivity index (χ1n) is 12.4. The van der Waals surface area contributed by atoms with Gasteiger partial charge in [0.1, 0.15) is 28.4 Å². The van der Waals surface area contributed by atoms with Crippen LogP contribution in [0.2, 0.25) is 0 Å². The van der Waals surface area contributed by atoms with Crippen LogP contribution in [-0.4, -0.2) is 63.2 Å². The predicted octanol–water partition coefficient (Wildman–Crippen LogP) is 4.13. The highest BCUT2D eigenvalue weighted by atomic mass is 19.4. The maximum absolute atomic E-state index is 13.5. The van der Waals surface area contributed by atoms with Gasteiger partial charge in [-0.1, -0.05) is 12.1 Å². The number of carbonyl (C=O) groups excluding carboxylic acids is 2. The Kier molecular flexibility index (Phi) is 9.98. The molecule has 1 aliphatic rings. The number of amides is 2. The predicted molar refractivity (Wildman–Crippen MR) is 135 cm³/mol. The number of carbonyl (C=O) groups is 2. The van der Waals surface area contributed by atoms with Crippen molar-refractivity contribution in [2.24, 2.45) is 0 Å². The van der Waals surface area contributed by atoms with Crippen LogP contribution >= 0.6 is 0 Å². The maximum Gasteiger partial charge on any atom is 0.420 e. The molecular weight excluding hydrogens is 503 g/mol. The zero-order valence-corrected chi connectivity index (χ0v) is 21.8. The van der Waals surface area contributed by atoms with Gasteiger partial charge in [-0.2, -0.15) is 13.2 Å². The molecule has 1 aliphatic heterocycles. The minimum atomic E-state index is -4.62. The molecule has 0 aliphatic carbocycles. The third kappa shape index (κ3) is 8.09. The quantitative estimate of drug-likeness (QED) is 0.448. The first-order valence-corrected chi connectivity index (χ1v) is 12.4. The van der Waals surface area contributed by atoms with E-state index >= 15 is 0 Å². The molecule has 11 heteroatoms. The number of nitrogens with one attached hydrogen (secondary N) is 2. The molecule has 3 rings (SSSR count). The van der Waals surface area contributed by atoms with E-state index in [-0.39, 0.29) is 35.6 Å². The summed E-state index contributed by atoms with van der Waals surface area (Å²) < 4.78 is 56.1. The van der Waals surface area contributed by atoms with Gasteiger partial charge in [0.25, 0.3) is 0 Å². The summed E-state index contributed by atoms with van der Waals surface area (Å²) in [6.45, 7) is 1.67. The minimum Gasteiger partial charge on any atom is -0.497 e. The van der Waals surface area contributed by atoms with Gasteiger partial charge in [-0.05, 0) is 63.0 Å². The van der Waals surface area contributed by atoms with E-state index in [0.717, 1.165) is 18.2 Å². The molecule has 8 nitrogen and oxygen atoms in total. The molecule has 2 amide bonds. The second-order valence-electron chi connectivity index (χ2n) is 9.44. The lowest BCUT2D eigenvalue weighted by molar-refractivity contribution is -0.138. The molecule has 1 heterocycles. The molecule has 38 heavy (non-hydrogen) atoms. The molecule has 0 atom stereocenters. The van der Waals surface area contributed by atoms with Gasteiger partial charge in [0.15, 0.2) is 0 Å². The van der Waals surface area contributed by atoms with E-state index in [4.69, 9.17) is 14.2 Å². The van der Waals surface area contributed by atoms with Gasteiger partial charge >= 0.3 is 6.18 Å². The Morgan fingerprint density at radius 3 is 2.32 bits per heavy atom. The summed E-state index contributed by atoms with van der Waals surface area (Å²) in [6.07, 6.45) is -2.87.